The Labute approximate surface area is 180 Å². The highest BCUT2D eigenvalue weighted by molar-refractivity contribution is 14.0. The number of piperidine rings is 1. The molecule has 0 aromatic heterocycles. The molecule has 8 heteroatoms. The van der Waals surface area contributed by atoms with E-state index in [9.17, 15) is 4.79 Å². The molecule has 27 heavy (non-hydrogen) atoms. The van der Waals surface area contributed by atoms with Gasteiger partial charge < -0.3 is 20.7 Å². The molecule has 1 amide bonds. The summed E-state index contributed by atoms with van der Waals surface area (Å²) in [6.07, 6.45) is 7.31. The fourth-order valence-corrected chi connectivity index (χ4v) is 3.28. The van der Waals surface area contributed by atoms with Crippen LogP contribution < -0.4 is 16.0 Å². The minimum atomic E-state index is 0. The molecule has 0 spiro atoms. The normalized spacial score (nSPS) is 19.0. The largest absolute Gasteiger partial charge is 0.377 e. The van der Waals surface area contributed by atoms with Gasteiger partial charge in [-0.3, -0.25) is 14.7 Å². The van der Waals surface area contributed by atoms with Crippen molar-refractivity contribution in [2.75, 3.05) is 53.0 Å². The first-order valence-electron chi connectivity index (χ1n) is 9.93. The zero-order valence-electron chi connectivity index (χ0n) is 16.8. The van der Waals surface area contributed by atoms with E-state index >= 15 is 0 Å². The standard InChI is InChI=1S/C19H35N5O2.HI/c1-3-9-21-18(25)15-24-11-5-17(6-12-24)23-19(20-2)22-10-4-16-7-13-26-14-8-16;/h7,17H,3-6,8-15H2,1-2H3,(H,21,25)(H2,20,22,23);1H. The fraction of sp³-hybridized carbons (Fsp3) is 0.789. The summed E-state index contributed by atoms with van der Waals surface area (Å²) < 4.78 is 5.34. The number of hydrogen-bond acceptors (Lipinski definition) is 4. The summed E-state index contributed by atoms with van der Waals surface area (Å²) in [5.74, 6) is 1.01. The number of ether oxygens (including phenoxy) is 1. The van der Waals surface area contributed by atoms with Gasteiger partial charge in [0.05, 0.1) is 19.8 Å². The average molecular weight is 493 g/mol. The topological polar surface area (TPSA) is 78.0 Å². The Balaban J connectivity index is 0.00000364. The number of carbonyl (C=O) groups is 1. The third-order valence-corrected chi connectivity index (χ3v) is 4.89. The van der Waals surface area contributed by atoms with Crippen molar-refractivity contribution in [3.8, 4) is 0 Å². The number of amides is 1. The highest BCUT2D eigenvalue weighted by atomic mass is 127. The second kappa shape index (κ2) is 14.2. The fourth-order valence-electron chi connectivity index (χ4n) is 3.28. The van der Waals surface area contributed by atoms with Crippen LogP contribution in [0.5, 0.6) is 0 Å². The van der Waals surface area contributed by atoms with Gasteiger partial charge in [0.1, 0.15) is 0 Å². The molecule has 0 bridgehead atoms. The summed E-state index contributed by atoms with van der Waals surface area (Å²) in [5, 5.41) is 9.87. The molecule has 0 radical (unpaired) electrons. The van der Waals surface area contributed by atoms with Crippen LogP contribution in [0.2, 0.25) is 0 Å². The summed E-state index contributed by atoms with van der Waals surface area (Å²) in [4.78, 5) is 18.4. The summed E-state index contributed by atoms with van der Waals surface area (Å²) in [5.41, 5.74) is 1.47. The van der Waals surface area contributed by atoms with Gasteiger partial charge in [-0.1, -0.05) is 18.6 Å². The van der Waals surface area contributed by atoms with Crippen LogP contribution in [0, 0.1) is 0 Å². The predicted octanol–water partition coefficient (Wildman–Crippen LogP) is 1.50. The molecule has 0 aromatic carbocycles. The number of nitrogens with zero attached hydrogens (tertiary/aromatic N) is 2. The molecule has 7 nitrogen and oxygen atoms in total. The first kappa shape index (κ1) is 24.2. The summed E-state index contributed by atoms with van der Waals surface area (Å²) >= 11 is 0. The van der Waals surface area contributed by atoms with E-state index in [1.807, 2.05) is 7.05 Å². The number of likely N-dealkylation sites (tertiary alicyclic amines) is 1. The van der Waals surface area contributed by atoms with Gasteiger partial charge in [0.2, 0.25) is 5.91 Å². The highest BCUT2D eigenvalue weighted by Crippen LogP contribution is 2.11. The van der Waals surface area contributed by atoms with Crippen molar-refractivity contribution in [1.82, 2.24) is 20.9 Å². The molecule has 2 heterocycles. The average Bonchev–Trinajstić information content (AvgIpc) is 2.68. The van der Waals surface area contributed by atoms with Gasteiger partial charge in [-0.25, -0.2) is 0 Å². The second-order valence-corrected chi connectivity index (χ2v) is 6.98. The van der Waals surface area contributed by atoms with Gasteiger partial charge in [0.15, 0.2) is 5.96 Å². The molecule has 156 valence electrons. The van der Waals surface area contributed by atoms with Gasteiger partial charge in [-0.05, 0) is 32.1 Å². The molecule has 2 rings (SSSR count). The summed E-state index contributed by atoms with van der Waals surface area (Å²) in [7, 11) is 1.82. The zero-order chi connectivity index (χ0) is 18.6. The van der Waals surface area contributed by atoms with Gasteiger partial charge in [-0.2, -0.15) is 0 Å². The first-order chi connectivity index (χ1) is 12.7. The lowest BCUT2D eigenvalue weighted by Gasteiger charge is -2.32. The predicted molar refractivity (Wildman–Crippen MR) is 121 cm³/mol. The van der Waals surface area contributed by atoms with Crippen molar-refractivity contribution in [1.29, 1.82) is 0 Å². The molecule has 1 fully saturated rings. The Morgan fingerprint density at radius 1 is 1.30 bits per heavy atom. The number of halogens is 1. The van der Waals surface area contributed by atoms with E-state index in [-0.39, 0.29) is 29.9 Å². The quantitative estimate of drug-likeness (QED) is 0.207. The van der Waals surface area contributed by atoms with E-state index in [0.717, 1.165) is 77.5 Å². The van der Waals surface area contributed by atoms with E-state index in [0.29, 0.717) is 12.6 Å². The third-order valence-electron chi connectivity index (χ3n) is 4.89. The second-order valence-electron chi connectivity index (χ2n) is 6.98. The van der Waals surface area contributed by atoms with Gasteiger partial charge in [-0.15, -0.1) is 24.0 Å². The Morgan fingerprint density at radius 2 is 2.07 bits per heavy atom. The van der Waals surface area contributed by atoms with Crippen LogP contribution in [0.3, 0.4) is 0 Å². The molecule has 0 saturated carbocycles. The van der Waals surface area contributed by atoms with Crippen LogP contribution in [0.1, 0.15) is 39.0 Å². The lowest BCUT2D eigenvalue weighted by molar-refractivity contribution is -0.122. The van der Waals surface area contributed by atoms with Crippen LogP contribution in [0.4, 0.5) is 0 Å². The minimum Gasteiger partial charge on any atom is -0.377 e. The van der Waals surface area contributed by atoms with E-state index < -0.39 is 0 Å². The molecule has 0 unspecified atom stereocenters. The Bertz CT molecular complexity index is 490. The molecular formula is C19H36IN5O2. The molecular weight excluding hydrogens is 457 g/mol. The number of guanidine groups is 1. The van der Waals surface area contributed by atoms with Gasteiger partial charge in [0, 0.05) is 39.3 Å². The highest BCUT2D eigenvalue weighted by Gasteiger charge is 2.21. The van der Waals surface area contributed by atoms with Crippen LogP contribution in [0.25, 0.3) is 0 Å². The third kappa shape index (κ3) is 9.75. The molecule has 1 saturated heterocycles. The van der Waals surface area contributed by atoms with Crippen LogP contribution >= 0.6 is 24.0 Å². The van der Waals surface area contributed by atoms with Crippen molar-refractivity contribution in [2.45, 2.75) is 45.1 Å². The van der Waals surface area contributed by atoms with E-state index in [2.05, 4.69) is 38.8 Å². The van der Waals surface area contributed by atoms with Crippen molar-refractivity contribution in [2.24, 2.45) is 4.99 Å². The molecule has 2 aliphatic rings. The summed E-state index contributed by atoms with van der Waals surface area (Å²) in [6, 6.07) is 0.415. The maximum absolute atomic E-state index is 11.8. The minimum absolute atomic E-state index is 0. The molecule has 0 aliphatic carbocycles. The van der Waals surface area contributed by atoms with Crippen molar-refractivity contribution < 1.29 is 9.53 Å². The van der Waals surface area contributed by atoms with Crippen molar-refractivity contribution in [3.05, 3.63) is 11.6 Å². The van der Waals surface area contributed by atoms with Crippen molar-refractivity contribution >= 4 is 35.8 Å². The van der Waals surface area contributed by atoms with Gasteiger partial charge >= 0.3 is 0 Å². The number of hydrogen-bond donors (Lipinski definition) is 3. The Kier molecular flexibility index (Phi) is 12.7. The van der Waals surface area contributed by atoms with Crippen LogP contribution in [-0.4, -0.2) is 75.8 Å². The number of carbonyl (C=O) groups excluding carboxylic acids is 1. The lowest BCUT2D eigenvalue weighted by Crippen LogP contribution is -2.50. The van der Waals surface area contributed by atoms with Gasteiger partial charge in [0.25, 0.3) is 0 Å². The van der Waals surface area contributed by atoms with E-state index in [4.69, 9.17) is 4.74 Å². The monoisotopic (exact) mass is 493 g/mol. The van der Waals surface area contributed by atoms with E-state index in [1.165, 1.54) is 5.57 Å². The Hall–Kier alpha value is -0.870. The van der Waals surface area contributed by atoms with Crippen LogP contribution in [-0.2, 0) is 9.53 Å². The Morgan fingerprint density at radius 3 is 2.70 bits per heavy atom. The molecule has 2 aliphatic heterocycles. The summed E-state index contributed by atoms with van der Waals surface area (Å²) in [6.45, 7) is 7.72. The van der Waals surface area contributed by atoms with Crippen molar-refractivity contribution in [3.63, 3.8) is 0 Å². The molecule has 0 aromatic rings. The van der Waals surface area contributed by atoms with Crippen LogP contribution in [0.15, 0.2) is 16.6 Å². The van der Waals surface area contributed by atoms with E-state index in [1.54, 1.807) is 0 Å². The lowest BCUT2D eigenvalue weighted by atomic mass is 10.1. The maximum atomic E-state index is 11.8. The smallest absolute Gasteiger partial charge is 0.234 e. The number of aliphatic imine (C=N–C) groups is 1. The maximum Gasteiger partial charge on any atom is 0.234 e. The molecule has 0 atom stereocenters. The SMILES string of the molecule is CCCNC(=O)CN1CCC(NC(=NC)NCCC2=CCOCC2)CC1.I. The molecule has 3 N–H and O–H groups in total. The number of nitrogens with one attached hydrogen (secondary N) is 3. The number of rotatable bonds is 8. The zero-order valence-corrected chi connectivity index (χ0v) is 19.1. The first-order valence-corrected chi connectivity index (χ1v) is 9.93.